The van der Waals surface area contributed by atoms with Crippen LogP contribution in [0.25, 0.3) is 16.6 Å². The molecular weight excluding hydrogens is 451 g/mol. The summed E-state index contributed by atoms with van der Waals surface area (Å²) >= 11 is 12.2. The van der Waals surface area contributed by atoms with Gasteiger partial charge in [0.25, 0.3) is 5.56 Å². The first-order valence-corrected chi connectivity index (χ1v) is 10.9. The Labute approximate surface area is 193 Å². The maximum absolute atomic E-state index is 13.5. The largest absolute Gasteiger partial charge is 0.490 e. The summed E-state index contributed by atoms with van der Waals surface area (Å²) in [5.74, 6) is 1.33. The van der Waals surface area contributed by atoms with Gasteiger partial charge in [-0.15, -0.1) is 0 Å². The second kappa shape index (κ2) is 8.37. The number of hydrogen-bond acceptors (Lipinski definition) is 4. The Balaban J connectivity index is 1.69. The smallest absolute Gasteiger partial charge is 0.336 e. The van der Waals surface area contributed by atoms with E-state index >= 15 is 0 Å². The van der Waals surface area contributed by atoms with Crippen LogP contribution in [0.1, 0.15) is 12.0 Å². The van der Waals surface area contributed by atoms with E-state index in [1.165, 1.54) is 6.07 Å². The first-order valence-electron chi connectivity index (χ1n) is 10.1. The van der Waals surface area contributed by atoms with Gasteiger partial charge in [0.2, 0.25) is 0 Å². The van der Waals surface area contributed by atoms with Crippen molar-refractivity contribution in [1.29, 1.82) is 0 Å². The van der Waals surface area contributed by atoms with E-state index in [-0.39, 0.29) is 11.6 Å². The summed E-state index contributed by atoms with van der Waals surface area (Å²) in [7, 11) is 0. The maximum atomic E-state index is 13.5. The predicted octanol–water partition coefficient (Wildman–Crippen LogP) is 4.67. The lowest BCUT2D eigenvalue weighted by Crippen LogP contribution is -2.39. The number of halogens is 2. The zero-order chi connectivity index (χ0) is 22.2. The van der Waals surface area contributed by atoms with Crippen LogP contribution in [0.2, 0.25) is 10.0 Å². The van der Waals surface area contributed by atoms with E-state index in [0.29, 0.717) is 46.3 Å². The first-order chi connectivity index (χ1) is 15.5. The molecule has 32 heavy (non-hydrogen) atoms. The van der Waals surface area contributed by atoms with Gasteiger partial charge in [-0.25, -0.2) is 9.36 Å². The highest BCUT2D eigenvalue weighted by atomic mass is 35.5. The van der Waals surface area contributed by atoms with Gasteiger partial charge in [-0.05, 0) is 48.0 Å². The Kier molecular flexibility index (Phi) is 5.41. The van der Waals surface area contributed by atoms with Crippen LogP contribution in [-0.4, -0.2) is 22.3 Å². The van der Waals surface area contributed by atoms with Crippen LogP contribution in [0.15, 0.2) is 70.3 Å². The minimum Gasteiger partial charge on any atom is -0.490 e. The molecule has 2 heterocycles. The molecule has 0 amide bonds. The molecule has 0 unspecified atom stereocenters. The standard InChI is InChI=1S/C24H18Cl2N2O4/c25-18-8-7-16(13-19(18)26)28-23(29)17-4-1-2-5-20(17)27(24(28)30)14-15-6-9-21-22(12-15)32-11-3-10-31-21/h1-2,4-9,12-13H,3,10-11,14H2. The van der Waals surface area contributed by atoms with E-state index in [0.717, 1.165) is 16.6 Å². The maximum Gasteiger partial charge on any atom is 0.336 e. The number of nitrogens with zero attached hydrogens (tertiary/aromatic N) is 2. The van der Waals surface area contributed by atoms with Crippen molar-refractivity contribution in [3.63, 3.8) is 0 Å². The minimum absolute atomic E-state index is 0.248. The van der Waals surface area contributed by atoms with Crippen LogP contribution in [0.3, 0.4) is 0 Å². The number of hydrogen-bond donors (Lipinski definition) is 0. The molecule has 8 heteroatoms. The van der Waals surface area contributed by atoms with Gasteiger partial charge in [-0.3, -0.25) is 9.36 Å². The van der Waals surface area contributed by atoms with Crippen molar-refractivity contribution in [2.75, 3.05) is 13.2 Å². The third kappa shape index (κ3) is 3.66. The van der Waals surface area contributed by atoms with E-state index in [2.05, 4.69) is 0 Å². The summed E-state index contributed by atoms with van der Waals surface area (Å²) in [6.45, 7) is 1.42. The van der Waals surface area contributed by atoms with Crippen LogP contribution in [0.5, 0.6) is 11.5 Å². The first kappa shape index (κ1) is 20.7. The fourth-order valence-electron chi connectivity index (χ4n) is 3.81. The highest BCUT2D eigenvalue weighted by Crippen LogP contribution is 2.31. The molecule has 0 radical (unpaired) electrons. The Bertz CT molecular complexity index is 1460. The van der Waals surface area contributed by atoms with Gasteiger partial charge < -0.3 is 9.47 Å². The predicted molar refractivity (Wildman–Crippen MR) is 125 cm³/mol. The molecule has 0 spiro atoms. The number of fused-ring (bicyclic) bond motifs is 2. The van der Waals surface area contributed by atoms with Gasteiger partial charge in [0.15, 0.2) is 11.5 Å². The van der Waals surface area contributed by atoms with E-state index in [9.17, 15) is 9.59 Å². The highest BCUT2D eigenvalue weighted by Gasteiger charge is 2.17. The molecule has 1 aliphatic heterocycles. The molecule has 5 rings (SSSR count). The normalized spacial score (nSPS) is 13.2. The molecule has 0 fully saturated rings. The average Bonchev–Trinajstić information content (AvgIpc) is 3.04. The zero-order valence-electron chi connectivity index (χ0n) is 16.9. The molecule has 1 aliphatic rings. The molecule has 0 N–H and O–H groups in total. The van der Waals surface area contributed by atoms with Crippen LogP contribution in [0.4, 0.5) is 0 Å². The van der Waals surface area contributed by atoms with Crippen LogP contribution in [0, 0.1) is 0 Å². The SMILES string of the molecule is O=c1c2ccccc2n(Cc2ccc3c(c2)OCCCO3)c(=O)n1-c1ccc(Cl)c(Cl)c1. The molecule has 0 saturated heterocycles. The second-order valence-electron chi connectivity index (χ2n) is 7.46. The zero-order valence-corrected chi connectivity index (χ0v) is 18.4. The van der Waals surface area contributed by atoms with Crippen molar-refractivity contribution >= 4 is 34.1 Å². The van der Waals surface area contributed by atoms with Gasteiger partial charge in [0, 0.05) is 6.42 Å². The molecule has 0 saturated carbocycles. The third-order valence-electron chi connectivity index (χ3n) is 5.36. The fourth-order valence-corrected chi connectivity index (χ4v) is 4.11. The lowest BCUT2D eigenvalue weighted by atomic mass is 10.1. The molecule has 0 atom stereocenters. The Morgan fingerprint density at radius 3 is 2.44 bits per heavy atom. The Morgan fingerprint density at radius 2 is 1.62 bits per heavy atom. The van der Waals surface area contributed by atoms with Crippen molar-refractivity contribution in [3.05, 3.63) is 97.1 Å². The second-order valence-corrected chi connectivity index (χ2v) is 8.27. The van der Waals surface area contributed by atoms with Gasteiger partial charge in [0.1, 0.15) is 0 Å². The molecule has 4 aromatic rings. The molecule has 3 aromatic carbocycles. The number of para-hydroxylation sites is 1. The minimum atomic E-state index is -0.473. The average molecular weight is 469 g/mol. The molecule has 162 valence electrons. The van der Waals surface area contributed by atoms with E-state index in [1.54, 1.807) is 41.0 Å². The molecule has 6 nitrogen and oxygen atoms in total. The van der Waals surface area contributed by atoms with E-state index in [1.807, 2.05) is 18.2 Å². The van der Waals surface area contributed by atoms with Crippen LogP contribution < -0.4 is 20.7 Å². The summed E-state index contributed by atoms with van der Waals surface area (Å²) in [6.07, 6.45) is 0.808. The molecule has 0 aliphatic carbocycles. The van der Waals surface area contributed by atoms with Gasteiger partial charge in [-0.1, -0.05) is 41.4 Å². The Hall–Kier alpha value is -3.22. The summed E-state index contributed by atoms with van der Waals surface area (Å²) in [5.41, 5.74) is 0.859. The summed E-state index contributed by atoms with van der Waals surface area (Å²) in [5, 5.41) is 1.03. The van der Waals surface area contributed by atoms with Gasteiger partial charge >= 0.3 is 5.69 Å². The van der Waals surface area contributed by atoms with Crippen molar-refractivity contribution in [1.82, 2.24) is 9.13 Å². The number of ether oxygens (including phenoxy) is 2. The van der Waals surface area contributed by atoms with Crippen molar-refractivity contribution in [2.45, 2.75) is 13.0 Å². The quantitative estimate of drug-likeness (QED) is 0.438. The van der Waals surface area contributed by atoms with Crippen molar-refractivity contribution < 1.29 is 9.47 Å². The topological polar surface area (TPSA) is 62.5 Å². The van der Waals surface area contributed by atoms with Gasteiger partial charge in [0.05, 0.1) is 46.4 Å². The monoisotopic (exact) mass is 468 g/mol. The van der Waals surface area contributed by atoms with E-state index < -0.39 is 11.2 Å². The van der Waals surface area contributed by atoms with Crippen LogP contribution >= 0.6 is 23.2 Å². The highest BCUT2D eigenvalue weighted by molar-refractivity contribution is 6.42. The van der Waals surface area contributed by atoms with Crippen molar-refractivity contribution in [2.24, 2.45) is 0 Å². The number of rotatable bonds is 3. The summed E-state index contributed by atoms with van der Waals surface area (Å²) in [4.78, 5) is 26.8. The van der Waals surface area contributed by atoms with E-state index in [4.69, 9.17) is 32.7 Å². The Morgan fingerprint density at radius 1 is 0.844 bits per heavy atom. The van der Waals surface area contributed by atoms with Crippen molar-refractivity contribution in [3.8, 4) is 17.2 Å². The summed E-state index contributed by atoms with van der Waals surface area (Å²) in [6, 6.07) is 17.3. The summed E-state index contributed by atoms with van der Waals surface area (Å²) < 4.78 is 14.2. The lowest BCUT2D eigenvalue weighted by molar-refractivity contribution is 0.297. The van der Waals surface area contributed by atoms with Crippen LogP contribution in [-0.2, 0) is 6.54 Å². The lowest BCUT2D eigenvalue weighted by Gasteiger charge is -2.15. The third-order valence-corrected chi connectivity index (χ3v) is 6.10. The number of aromatic nitrogens is 2. The molecule has 1 aromatic heterocycles. The fraction of sp³-hybridized carbons (Fsp3) is 0.167. The van der Waals surface area contributed by atoms with Gasteiger partial charge in [-0.2, -0.15) is 0 Å². The molecular formula is C24H18Cl2N2O4. The number of benzene rings is 3. The molecule has 0 bridgehead atoms.